The van der Waals surface area contributed by atoms with E-state index in [4.69, 9.17) is 0 Å². The molecule has 8 heteroatoms. The number of halogens is 6. The van der Waals surface area contributed by atoms with Crippen LogP contribution in [0.25, 0.3) is 0 Å². The van der Waals surface area contributed by atoms with Crippen LogP contribution in [0, 0.1) is 0 Å². The van der Waals surface area contributed by atoms with Crippen molar-refractivity contribution in [3.63, 3.8) is 0 Å². The van der Waals surface area contributed by atoms with Crippen LogP contribution in [0.1, 0.15) is 11.1 Å². The van der Waals surface area contributed by atoms with Crippen molar-refractivity contribution in [2.45, 2.75) is 12.4 Å². The van der Waals surface area contributed by atoms with Gasteiger partial charge in [0.1, 0.15) is 0 Å². The summed E-state index contributed by atoms with van der Waals surface area (Å²) in [6, 6.07) is 1.46. The van der Waals surface area contributed by atoms with Crippen molar-refractivity contribution in [2.75, 3.05) is 0 Å². The Morgan fingerprint density at radius 2 is 1.06 bits per heavy atom. The topological polar surface area (TPSA) is 0 Å². The summed E-state index contributed by atoms with van der Waals surface area (Å²) >= 11 is 0. The minimum absolute atomic E-state index is 0. The number of alkyl halides is 6. The fourth-order valence-electron chi connectivity index (χ4n) is 1.11. The van der Waals surface area contributed by atoms with E-state index in [0.717, 1.165) is 0 Å². The quantitative estimate of drug-likeness (QED) is 0.408. The van der Waals surface area contributed by atoms with Gasteiger partial charge in [0.05, 0.1) is 11.1 Å². The molecular weight excluding hydrogens is 244 g/mol. The van der Waals surface area contributed by atoms with E-state index in [1.165, 1.54) is 7.85 Å². The van der Waals surface area contributed by atoms with Gasteiger partial charge in [0, 0.05) is 0 Å². The van der Waals surface area contributed by atoms with Crippen LogP contribution in [0.15, 0.2) is 18.2 Å². The van der Waals surface area contributed by atoms with Crippen LogP contribution in [-0.4, -0.2) is 7.85 Å². The van der Waals surface area contributed by atoms with Crippen molar-refractivity contribution in [3.8, 4) is 0 Å². The second kappa shape index (κ2) is 5.02. The largest absolute Gasteiger partial charge is 1.00 e. The maximum Gasteiger partial charge on any atom is 1.00 e. The third-order valence-corrected chi connectivity index (χ3v) is 1.73. The standard InChI is InChI=1S/C8H5BF6.Na/c9-6-2-4(7(10,11)12)1-5(3-6)8(13,14)15;/h1-3H,9H2;/q-1;+1. The molecule has 0 bridgehead atoms. The Labute approximate surface area is 111 Å². The van der Waals surface area contributed by atoms with Gasteiger partial charge >= 0.3 is 41.9 Å². The first kappa shape index (κ1) is 15.9. The summed E-state index contributed by atoms with van der Waals surface area (Å²) in [5.74, 6) is 0. The van der Waals surface area contributed by atoms with Gasteiger partial charge in [0.2, 0.25) is 0 Å². The van der Waals surface area contributed by atoms with Gasteiger partial charge in [-0.1, -0.05) is 12.1 Å². The molecule has 0 saturated carbocycles. The van der Waals surface area contributed by atoms with Crippen molar-refractivity contribution in [1.82, 2.24) is 0 Å². The van der Waals surface area contributed by atoms with Gasteiger partial charge in [-0.15, -0.1) is 7.85 Å². The Kier molecular flexibility index (Phi) is 4.98. The maximum atomic E-state index is 12.2. The van der Waals surface area contributed by atoms with Crippen LogP contribution < -0.4 is 35.0 Å². The molecule has 0 saturated heterocycles. The monoisotopic (exact) mass is 249 g/mol. The molecule has 0 atom stereocenters. The average molecular weight is 249 g/mol. The minimum atomic E-state index is -4.76. The second-order valence-electron chi connectivity index (χ2n) is 3.08. The molecule has 0 unspecified atom stereocenters. The summed E-state index contributed by atoms with van der Waals surface area (Å²) < 4.78 is 73.0. The Morgan fingerprint density at radius 1 is 0.750 bits per heavy atom. The smallest absolute Gasteiger partial charge is 0.250 e. The van der Waals surface area contributed by atoms with E-state index in [-0.39, 0.29) is 41.1 Å². The Bertz CT molecular complexity index is 338. The van der Waals surface area contributed by atoms with E-state index in [9.17, 15) is 26.3 Å². The summed E-state index contributed by atoms with van der Waals surface area (Å²) in [6.45, 7) is 0. The molecule has 0 spiro atoms. The first-order valence-electron chi connectivity index (χ1n) is 3.87. The third-order valence-electron chi connectivity index (χ3n) is 1.73. The molecule has 1 aromatic carbocycles. The Morgan fingerprint density at radius 3 is 1.31 bits per heavy atom. The molecule has 1 aromatic rings. The van der Waals surface area contributed by atoms with Crippen LogP contribution >= 0.6 is 0 Å². The van der Waals surface area contributed by atoms with Crippen molar-refractivity contribution in [1.29, 1.82) is 0 Å². The van der Waals surface area contributed by atoms with Gasteiger partial charge in [-0.3, -0.25) is 0 Å². The van der Waals surface area contributed by atoms with E-state index < -0.39 is 23.5 Å². The molecule has 0 amide bonds. The van der Waals surface area contributed by atoms with Gasteiger partial charge in [-0.25, -0.2) is 5.46 Å². The number of hydrogen-bond acceptors (Lipinski definition) is 0. The molecule has 16 heavy (non-hydrogen) atoms. The molecule has 0 aliphatic rings. The molecule has 0 nitrogen and oxygen atoms in total. The minimum Gasteiger partial charge on any atom is -0.250 e. The summed E-state index contributed by atoms with van der Waals surface area (Å²) in [5.41, 5.74) is -2.64. The zero-order valence-electron chi connectivity index (χ0n) is 8.50. The normalized spacial score (nSPS) is 12.2. The predicted octanol–water partition coefficient (Wildman–Crippen LogP) is -1.01. The van der Waals surface area contributed by atoms with Crippen molar-refractivity contribution < 1.29 is 55.9 Å². The van der Waals surface area contributed by atoms with Gasteiger partial charge in [0.15, 0.2) is 0 Å². The molecule has 0 heterocycles. The Hall–Kier alpha value is -0.135. The summed E-state index contributed by atoms with van der Waals surface area (Å²) in [6.07, 6.45) is -9.52. The van der Waals surface area contributed by atoms with Crippen LogP contribution in [0.5, 0.6) is 0 Å². The molecule has 0 N–H and O–H groups in total. The van der Waals surface area contributed by atoms with Crippen LogP contribution in [0.3, 0.4) is 0 Å². The molecule has 0 aliphatic heterocycles. The first-order chi connectivity index (χ1) is 6.60. The maximum absolute atomic E-state index is 12.2. The van der Waals surface area contributed by atoms with Crippen LogP contribution in [-0.2, 0) is 12.4 Å². The second-order valence-corrected chi connectivity index (χ2v) is 3.08. The fourth-order valence-corrected chi connectivity index (χ4v) is 1.11. The molecular formula is C8H5BF6Na. The molecule has 0 aliphatic carbocycles. The van der Waals surface area contributed by atoms with E-state index in [1.54, 1.807) is 0 Å². The molecule has 1 rings (SSSR count). The fraction of sp³-hybridized carbons (Fsp3) is 0.250. The molecule has 83 valence electrons. The van der Waals surface area contributed by atoms with Gasteiger partial charge in [0.25, 0.3) is 0 Å². The van der Waals surface area contributed by atoms with Crippen LogP contribution in [0.4, 0.5) is 26.3 Å². The van der Waals surface area contributed by atoms with Gasteiger partial charge < -0.3 is 0 Å². The first-order valence-corrected chi connectivity index (χ1v) is 3.87. The number of benzene rings is 1. The van der Waals surface area contributed by atoms with E-state index in [0.29, 0.717) is 12.1 Å². The van der Waals surface area contributed by atoms with Gasteiger partial charge in [-0.05, 0) is 6.07 Å². The van der Waals surface area contributed by atoms with Crippen molar-refractivity contribution in [2.24, 2.45) is 0 Å². The van der Waals surface area contributed by atoms with Crippen LogP contribution in [0.2, 0.25) is 0 Å². The SMILES string of the molecule is [BH2-]c1cc(C(F)(F)F)cc(C(F)(F)F)c1.[Na+]. The average Bonchev–Trinajstić information content (AvgIpc) is 1.99. The third kappa shape index (κ3) is 4.03. The Balaban J connectivity index is 0.00000225. The number of hydrogen-bond donors (Lipinski definition) is 0. The number of rotatable bonds is 0. The zero-order chi connectivity index (χ0) is 11.9. The molecule has 0 fully saturated rings. The van der Waals surface area contributed by atoms with Crippen molar-refractivity contribution >= 4 is 13.3 Å². The van der Waals surface area contributed by atoms with E-state index >= 15 is 0 Å². The molecule has 1 radical (unpaired) electrons. The van der Waals surface area contributed by atoms with Gasteiger partial charge in [-0.2, -0.15) is 26.3 Å². The summed E-state index contributed by atoms with van der Waals surface area (Å²) in [5, 5.41) is 0. The van der Waals surface area contributed by atoms with E-state index in [2.05, 4.69) is 0 Å². The van der Waals surface area contributed by atoms with E-state index in [1.807, 2.05) is 0 Å². The molecule has 0 aromatic heterocycles. The summed E-state index contributed by atoms with van der Waals surface area (Å²) in [7, 11) is 1.18. The van der Waals surface area contributed by atoms with Crippen molar-refractivity contribution in [3.05, 3.63) is 29.3 Å². The zero-order valence-corrected chi connectivity index (χ0v) is 10.5. The predicted molar refractivity (Wildman–Crippen MR) is 44.6 cm³/mol. The summed E-state index contributed by atoms with van der Waals surface area (Å²) in [4.78, 5) is 0.